The van der Waals surface area contributed by atoms with Gasteiger partial charge in [0, 0.05) is 36.7 Å². The lowest BCUT2D eigenvalue weighted by molar-refractivity contribution is 0.0687. The van der Waals surface area contributed by atoms with E-state index in [9.17, 15) is 9.59 Å². The minimum absolute atomic E-state index is 0.116. The highest BCUT2D eigenvalue weighted by Gasteiger charge is 2.29. The summed E-state index contributed by atoms with van der Waals surface area (Å²) in [6, 6.07) is 2.73. The number of piperidine rings is 1. The van der Waals surface area contributed by atoms with Gasteiger partial charge in [0.15, 0.2) is 0 Å². The van der Waals surface area contributed by atoms with Crippen molar-refractivity contribution in [2.24, 2.45) is 0 Å². The van der Waals surface area contributed by atoms with Gasteiger partial charge in [-0.25, -0.2) is 4.79 Å². The van der Waals surface area contributed by atoms with Gasteiger partial charge in [-0.15, -0.1) is 0 Å². The topological polar surface area (TPSA) is 80.4 Å². The number of hydrogen-bond acceptors (Lipinski definition) is 3. The summed E-state index contributed by atoms with van der Waals surface area (Å²) in [7, 11) is 0. The van der Waals surface area contributed by atoms with Crippen LogP contribution in [0, 0.1) is 13.8 Å². The zero-order valence-electron chi connectivity index (χ0n) is 17.3. The van der Waals surface area contributed by atoms with Crippen LogP contribution < -0.4 is 0 Å². The number of rotatable bonds is 4. The van der Waals surface area contributed by atoms with Crippen molar-refractivity contribution >= 4 is 11.9 Å². The van der Waals surface area contributed by atoms with Crippen LogP contribution in [-0.2, 0) is 0 Å². The van der Waals surface area contributed by atoms with Gasteiger partial charge in [0.2, 0.25) is 0 Å². The van der Waals surface area contributed by atoms with Gasteiger partial charge in [0.25, 0.3) is 5.91 Å². The lowest BCUT2D eigenvalue weighted by Gasteiger charge is -2.32. The fourth-order valence-corrected chi connectivity index (χ4v) is 5.05. The number of carboxylic acids is 1. The predicted molar refractivity (Wildman–Crippen MR) is 109 cm³/mol. The molecule has 7 nitrogen and oxygen atoms in total. The van der Waals surface area contributed by atoms with E-state index in [1.807, 2.05) is 4.90 Å². The first-order chi connectivity index (χ1) is 14.0. The zero-order valence-corrected chi connectivity index (χ0v) is 17.3. The van der Waals surface area contributed by atoms with E-state index in [2.05, 4.69) is 29.6 Å². The summed E-state index contributed by atoms with van der Waals surface area (Å²) in [5.41, 5.74) is 3.32. The second-order valence-electron chi connectivity index (χ2n) is 8.48. The van der Waals surface area contributed by atoms with E-state index in [-0.39, 0.29) is 17.5 Å². The highest BCUT2D eigenvalue weighted by Crippen LogP contribution is 2.33. The van der Waals surface area contributed by atoms with Crippen LogP contribution in [0.4, 0.5) is 0 Å². The summed E-state index contributed by atoms with van der Waals surface area (Å²) >= 11 is 0. The summed E-state index contributed by atoms with van der Waals surface area (Å²) in [5.74, 6) is -0.845. The fourth-order valence-electron chi connectivity index (χ4n) is 5.05. The Morgan fingerprint density at radius 1 is 1.03 bits per heavy atom. The molecule has 1 saturated carbocycles. The first kappa shape index (κ1) is 19.7. The minimum Gasteiger partial charge on any atom is -0.478 e. The van der Waals surface area contributed by atoms with E-state index in [4.69, 9.17) is 5.11 Å². The van der Waals surface area contributed by atoms with Crippen LogP contribution in [-0.4, -0.2) is 49.3 Å². The molecule has 29 heavy (non-hydrogen) atoms. The maximum Gasteiger partial charge on any atom is 0.338 e. The molecule has 7 heteroatoms. The van der Waals surface area contributed by atoms with Crippen molar-refractivity contribution in [1.29, 1.82) is 0 Å². The molecule has 0 atom stereocenters. The van der Waals surface area contributed by atoms with E-state index in [1.165, 1.54) is 44.0 Å². The Balaban J connectivity index is 1.43. The van der Waals surface area contributed by atoms with Gasteiger partial charge in [-0.3, -0.25) is 9.48 Å². The molecule has 1 N–H and O–H groups in total. The quantitative estimate of drug-likeness (QED) is 0.845. The minimum atomic E-state index is -0.961. The molecule has 2 aromatic heterocycles. The van der Waals surface area contributed by atoms with Crippen molar-refractivity contribution in [3.63, 3.8) is 0 Å². The van der Waals surface area contributed by atoms with Crippen molar-refractivity contribution in [2.45, 2.75) is 70.9 Å². The Labute approximate surface area is 171 Å². The molecule has 0 unspecified atom stereocenters. The molecule has 0 aromatic carbocycles. The molecule has 4 rings (SSSR count). The number of carboxylic acid groups (broad SMARTS) is 1. The number of likely N-dealkylation sites (tertiary alicyclic amines) is 1. The molecule has 2 aliphatic rings. The lowest BCUT2D eigenvalue weighted by atomic mass is 9.95. The van der Waals surface area contributed by atoms with Crippen LogP contribution in [0.2, 0.25) is 0 Å². The van der Waals surface area contributed by atoms with Crippen LogP contribution >= 0.6 is 0 Å². The Hall–Kier alpha value is -2.57. The Morgan fingerprint density at radius 2 is 1.72 bits per heavy atom. The summed E-state index contributed by atoms with van der Waals surface area (Å²) in [6.45, 7) is 5.53. The Bertz CT molecular complexity index is 899. The molecule has 2 aromatic rings. The van der Waals surface area contributed by atoms with E-state index in [1.54, 1.807) is 10.9 Å². The van der Waals surface area contributed by atoms with Gasteiger partial charge in [0.1, 0.15) is 0 Å². The predicted octanol–water partition coefficient (Wildman–Crippen LogP) is 3.98. The third-order valence-electron chi connectivity index (χ3n) is 6.63. The highest BCUT2D eigenvalue weighted by molar-refractivity contribution is 5.95. The molecule has 2 fully saturated rings. The number of nitrogens with zero attached hydrogens (tertiary/aromatic N) is 4. The van der Waals surface area contributed by atoms with E-state index < -0.39 is 5.97 Å². The second kappa shape index (κ2) is 8.05. The molecular formula is C22H30N4O3. The fraction of sp³-hybridized carbons (Fsp3) is 0.591. The number of aromatic nitrogens is 3. The summed E-state index contributed by atoms with van der Waals surface area (Å²) in [5, 5.41) is 13.3. The number of carbonyl (C=O) groups is 2. The largest absolute Gasteiger partial charge is 0.478 e. The van der Waals surface area contributed by atoms with Crippen molar-refractivity contribution in [3.05, 3.63) is 41.0 Å². The summed E-state index contributed by atoms with van der Waals surface area (Å²) in [4.78, 5) is 26.2. The first-order valence-corrected chi connectivity index (χ1v) is 10.7. The van der Waals surface area contributed by atoms with Crippen LogP contribution in [0.25, 0.3) is 0 Å². The highest BCUT2D eigenvalue weighted by atomic mass is 16.4. The molecule has 156 valence electrons. The lowest BCUT2D eigenvalue weighted by Crippen LogP contribution is -2.39. The Kier molecular flexibility index (Phi) is 5.48. The maximum absolute atomic E-state index is 13.2. The van der Waals surface area contributed by atoms with E-state index in [0.29, 0.717) is 19.1 Å². The van der Waals surface area contributed by atoms with Gasteiger partial charge in [0.05, 0.1) is 23.4 Å². The molecule has 1 amide bonds. The average Bonchev–Trinajstić information content (AvgIpc) is 3.33. The summed E-state index contributed by atoms with van der Waals surface area (Å²) < 4.78 is 4.12. The maximum atomic E-state index is 13.2. The number of hydrogen-bond donors (Lipinski definition) is 1. The molecular weight excluding hydrogens is 368 g/mol. The van der Waals surface area contributed by atoms with Crippen LogP contribution in [0.1, 0.15) is 89.1 Å². The van der Waals surface area contributed by atoms with Crippen LogP contribution in [0.5, 0.6) is 0 Å². The van der Waals surface area contributed by atoms with Gasteiger partial charge in [-0.2, -0.15) is 5.10 Å². The number of aromatic carboxylic acids is 1. The van der Waals surface area contributed by atoms with Crippen molar-refractivity contribution in [2.75, 3.05) is 13.1 Å². The smallest absolute Gasteiger partial charge is 0.338 e. The van der Waals surface area contributed by atoms with Crippen molar-refractivity contribution in [3.8, 4) is 0 Å². The van der Waals surface area contributed by atoms with Gasteiger partial charge < -0.3 is 14.6 Å². The van der Waals surface area contributed by atoms with E-state index in [0.717, 1.165) is 24.1 Å². The SMILES string of the molecule is Cc1cc(C(=O)N2CCC(n3cc(C(=O)O)cn3)CC2)c(C)n1C1CCCCC1. The molecule has 1 aliphatic carbocycles. The van der Waals surface area contributed by atoms with Crippen molar-refractivity contribution < 1.29 is 14.7 Å². The van der Waals surface area contributed by atoms with Crippen LogP contribution in [0.3, 0.4) is 0 Å². The number of carbonyl (C=O) groups excluding carboxylic acids is 1. The third kappa shape index (κ3) is 3.82. The average molecular weight is 399 g/mol. The molecule has 0 bridgehead atoms. The van der Waals surface area contributed by atoms with Gasteiger partial charge in [-0.05, 0) is 45.6 Å². The molecule has 3 heterocycles. The van der Waals surface area contributed by atoms with E-state index >= 15 is 0 Å². The third-order valence-corrected chi connectivity index (χ3v) is 6.63. The monoisotopic (exact) mass is 398 g/mol. The molecule has 1 aliphatic heterocycles. The zero-order chi connectivity index (χ0) is 20.5. The second-order valence-corrected chi connectivity index (χ2v) is 8.48. The molecule has 0 radical (unpaired) electrons. The standard InChI is InChI=1S/C22H30N4O3/c1-15-12-20(16(2)26(15)19-6-4-3-5-7-19)21(27)24-10-8-18(9-11-24)25-14-17(13-23-25)22(28)29/h12-14,18-19H,3-11H2,1-2H3,(H,28,29). The summed E-state index contributed by atoms with van der Waals surface area (Å²) in [6.07, 6.45) is 10.8. The molecule has 0 spiro atoms. The molecule has 1 saturated heterocycles. The number of aryl methyl sites for hydroxylation is 1. The normalized spacial score (nSPS) is 18.9. The Morgan fingerprint density at radius 3 is 2.34 bits per heavy atom. The first-order valence-electron chi connectivity index (χ1n) is 10.7. The van der Waals surface area contributed by atoms with Crippen LogP contribution in [0.15, 0.2) is 18.5 Å². The number of amides is 1. The van der Waals surface area contributed by atoms with Gasteiger partial charge in [-0.1, -0.05) is 19.3 Å². The van der Waals surface area contributed by atoms with Gasteiger partial charge >= 0.3 is 5.97 Å². The van der Waals surface area contributed by atoms with Crippen molar-refractivity contribution in [1.82, 2.24) is 19.2 Å².